The molecule has 1 heterocycles. The van der Waals surface area contributed by atoms with Crippen molar-refractivity contribution in [3.63, 3.8) is 0 Å². The third-order valence-corrected chi connectivity index (χ3v) is 2.64. The number of benzene rings is 1. The van der Waals surface area contributed by atoms with Crippen LogP contribution in [0.15, 0.2) is 24.3 Å². The Balaban J connectivity index is 2.28. The number of amides is 1. The van der Waals surface area contributed by atoms with Crippen LogP contribution in [-0.4, -0.2) is 23.7 Å². The summed E-state index contributed by atoms with van der Waals surface area (Å²) in [5.41, 5.74) is 0.651. The number of hydrogen-bond donors (Lipinski definition) is 1. The van der Waals surface area contributed by atoms with Crippen LogP contribution in [0, 0.1) is 5.82 Å². The van der Waals surface area contributed by atoms with Crippen molar-refractivity contribution in [3.05, 3.63) is 30.1 Å². The van der Waals surface area contributed by atoms with Crippen molar-refractivity contribution in [1.29, 1.82) is 0 Å². The average Bonchev–Trinajstić information content (AvgIpc) is 2.61. The van der Waals surface area contributed by atoms with E-state index in [0.717, 1.165) is 0 Å². The van der Waals surface area contributed by atoms with E-state index in [1.54, 1.807) is 17.0 Å². The second-order valence-corrected chi connectivity index (χ2v) is 3.62. The highest BCUT2D eigenvalue weighted by molar-refractivity contribution is 5.96. The van der Waals surface area contributed by atoms with Gasteiger partial charge in [-0.2, -0.15) is 0 Å². The van der Waals surface area contributed by atoms with Gasteiger partial charge in [0.15, 0.2) is 0 Å². The number of carbonyl (C=O) groups is 1. The van der Waals surface area contributed by atoms with Crippen molar-refractivity contribution >= 4 is 11.6 Å². The highest BCUT2D eigenvalue weighted by Gasteiger charge is 2.31. The van der Waals surface area contributed by atoms with Crippen molar-refractivity contribution in [1.82, 2.24) is 0 Å². The molecule has 0 saturated carbocycles. The van der Waals surface area contributed by atoms with E-state index in [1.165, 1.54) is 12.1 Å². The van der Waals surface area contributed by atoms with E-state index < -0.39 is 0 Å². The molecule has 0 unspecified atom stereocenters. The second-order valence-electron chi connectivity index (χ2n) is 3.62. The number of aliphatic hydroxyl groups is 1. The molecule has 0 aromatic heterocycles. The van der Waals surface area contributed by atoms with Crippen molar-refractivity contribution in [2.24, 2.45) is 0 Å². The average molecular weight is 209 g/mol. The van der Waals surface area contributed by atoms with E-state index in [4.69, 9.17) is 5.11 Å². The minimum absolute atomic E-state index is 0.0133. The molecular formula is C11H12FNO2. The Kier molecular flexibility index (Phi) is 2.68. The minimum atomic E-state index is -0.328. The molecule has 1 N–H and O–H groups in total. The molecule has 0 aliphatic carbocycles. The molecule has 0 spiro atoms. The van der Waals surface area contributed by atoms with E-state index in [-0.39, 0.29) is 24.4 Å². The fourth-order valence-corrected chi connectivity index (χ4v) is 1.87. The van der Waals surface area contributed by atoms with Gasteiger partial charge in [0.2, 0.25) is 5.91 Å². The monoisotopic (exact) mass is 209 g/mol. The maximum absolute atomic E-state index is 12.7. The molecule has 0 bridgehead atoms. The molecule has 2 rings (SSSR count). The Bertz CT molecular complexity index is 363. The SMILES string of the molecule is O=C1CC[C@H](CO)N1c1ccc(F)cc1. The minimum Gasteiger partial charge on any atom is -0.394 e. The molecular weight excluding hydrogens is 197 g/mol. The van der Waals surface area contributed by atoms with Crippen LogP contribution in [0.1, 0.15) is 12.8 Å². The van der Waals surface area contributed by atoms with Crippen molar-refractivity contribution < 1.29 is 14.3 Å². The van der Waals surface area contributed by atoms with Gasteiger partial charge in [0, 0.05) is 12.1 Å². The van der Waals surface area contributed by atoms with Gasteiger partial charge in [-0.15, -0.1) is 0 Å². The van der Waals surface area contributed by atoms with Crippen LogP contribution in [0.25, 0.3) is 0 Å². The first-order chi connectivity index (χ1) is 7.22. The summed E-state index contributed by atoms with van der Waals surface area (Å²) in [6.45, 7) is -0.0525. The third-order valence-electron chi connectivity index (χ3n) is 2.64. The second kappa shape index (κ2) is 3.98. The Labute approximate surface area is 87.1 Å². The Hall–Kier alpha value is -1.42. The van der Waals surface area contributed by atoms with Gasteiger partial charge in [-0.25, -0.2) is 4.39 Å². The van der Waals surface area contributed by atoms with Crippen LogP contribution in [0.5, 0.6) is 0 Å². The Morgan fingerprint density at radius 1 is 1.40 bits per heavy atom. The normalized spacial score (nSPS) is 21.1. The van der Waals surface area contributed by atoms with Gasteiger partial charge in [-0.05, 0) is 30.7 Å². The van der Waals surface area contributed by atoms with Gasteiger partial charge in [0.25, 0.3) is 0 Å². The summed E-state index contributed by atoms with van der Waals surface area (Å²) >= 11 is 0. The summed E-state index contributed by atoms with van der Waals surface area (Å²) in [7, 11) is 0. The molecule has 4 heteroatoms. The zero-order valence-electron chi connectivity index (χ0n) is 8.19. The number of aliphatic hydroxyl groups excluding tert-OH is 1. The summed E-state index contributed by atoms with van der Waals surface area (Å²) < 4.78 is 12.7. The van der Waals surface area contributed by atoms with E-state index in [2.05, 4.69) is 0 Å². The zero-order valence-corrected chi connectivity index (χ0v) is 8.19. The first kappa shape index (κ1) is 10.1. The highest BCUT2D eigenvalue weighted by atomic mass is 19.1. The van der Waals surface area contributed by atoms with Crippen LogP contribution in [0.2, 0.25) is 0 Å². The smallest absolute Gasteiger partial charge is 0.227 e. The number of halogens is 1. The zero-order chi connectivity index (χ0) is 10.8. The van der Waals surface area contributed by atoms with Crippen LogP contribution in [0.4, 0.5) is 10.1 Å². The quantitative estimate of drug-likeness (QED) is 0.797. The van der Waals surface area contributed by atoms with Gasteiger partial charge in [0.1, 0.15) is 5.82 Å². The summed E-state index contributed by atoms with van der Waals surface area (Å²) in [5.74, 6) is -0.341. The molecule has 80 valence electrons. The van der Waals surface area contributed by atoms with E-state index in [1.807, 2.05) is 0 Å². The van der Waals surface area contributed by atoms with Gasteiger partial charge in [-0.3, -0.25) is 4.79 Å². The lowest BCUT2D eigenvalue weighted by atomic mass is 10.2. The highest BCUT2D eigenvalue weighted by Crippen LogP contribution is 2.26. The molecule has 1 amide bonds. The van der Waals surface area contributed by atoms with Gasteiger partial charge >= 0.3 is 0 Å². The standard InChI is InChI=1S/C11H12FNO2/c12-8-1-3-9(4-2-8)13-10(7-14)5-6-11(13)15/h1-4,10,14H,5-7H2/t10-/m1/s1. The Morgan fingerprint density at radius 2 is 2.07 bits per heavy atom. The van der Waals surface area contributed by atoms with E-state index in [0.29, 0.717) is 18.5 Å². The van der Waals surface area contributed by atoms with Crippen LogP contribution in [-0.2, 0) is 4.79 Å². The molecule has 1 saturated heterocycles. The number of rotatable bonds is 2. The van der Waals surface area contributed by atoms with Gasteiger partial charge < -0.3 is 10.0 Å². The summed E-state index contributed by atoms with van der Waals surface area (Å²) in [6.07, 6.45) is 1.11. The largest absolute Gasteiger partial charge is 0.394 e. The first-order valence-corrected chi connectivity index (χ1v) is 4.91. The lowest BCUT2D eigenvalue weighted by molar-refractivity contribution is -0.117. The Morgan fingerprint density at radius 3 is 2.67 bits per heavy atom. The lowest BCUT2D eigenvalue weighted by Gasteiger charge is -2.23. The summed E-state index contributed by atoms with van der Waals surface area (Å²) in [6, 6.07) is 5.58. The number of hydrogen-bond acceptors (Lipinski definition) is 2. The third kappa shape index (κ3) is 1.85. The van der Waals surface area contributed by atoms with Crippen molar-refractivity contribution in [3.8, 4) is 0 Å². The van der Waals surface area contributed by atoms with Gasteiger partial charge in [-0.1, -0.05) is 0 Å². The maximum Gasteiger partial charge on any atom is 0.227 e. The fourth-order valence-electron chi connectivity index (χ4n) is 1.87. The molecule has 1 aliphatic rings. The number of nitrogens with zero attached hydrogens (tertiary/aromatic N) is 1. The molecule has 1 aliphatic heterocycles. The van der Waals surface area contributed by atoms with Gasteiger partial charge in [0.05, 0.1) is 12.6 Å². The van der Waals surface area contributed by atoms with Crippen LogP contribution < -0.4 is 4.90 Å². The van der Waals surface area contributed by atoms with Crippen LogP contribution in [0.3, 0.4) is 0 Å². The number of anilines is 1. The topological polar surface area (TPSA) is 40.5 Å². The first-order valence-electron chi connectivity index (χ1n) is 4.91. The summed E-state index contributed by atoms with van der Waals surface area (Å²) in [4.78, 5) is 13.1. The fraction of sp³-hybridized carbons (Fsp3) is 0.364. The van der Waals surface area contributed by atoms with Crippen LogP contribution >= 0.6 is 0 Å². The lowest BCUT2D eigenvalue weighted by Crippen LogP contribution is -2.35. The predicted molar refractivity (Wildman–Crippen MR) is 54.0 cm³/mol. The van der Waals surface area contributed by atoms with E-state index >= 15 is 0 Å². The molecule has 15 heavy (non-hydrogen) atoms. The molecule has 1 fully saturated rings. The van der Waals surface area contributed by atoms with Crippen molar-refractivity contribution in [2.75, 3.05) is 11.5 Å². The molecule has 1 aromatic carbocycles. The van der Waals surface area contributed by atoms with E-state index in [9.17, 15) is 9.18 Å². The summed E-state index contributed by atoms with van der Waals surface area (Å²) in [5, 5.41) is 9.10. The molecule has 0 radical (unpaired) electrons. The maximum atomic E-state index is 12.7. The predicted octanol–water partition coefficient (Wildman–Crippen LogP) is 1.31. The molecule has 3 nitrogen and oxygen atoms in total. The van der Waals surface area contributed by atoms with Crippen molar-refractivity contribution in [2.45, 2.75) is 18.9 Å². The molecule has 1 atom stereocenters. The number of carbonyl (C=O) groups excluding carboxylic acids is 1. The molecule has 1 aromatic rings.